The van der Waals surface area contributed by atoms with Gasteiger partial charge in [0.2, 0.25) is 0 Å². The van der Waals surface area contributed by atoms with Crippen LogP contribution in [0.2, 0.25) is 0 Å². The van der Waals surface area contributed by atoms with Crippen LogP contribution in [0.15, 0.2) is 12.4 Å². The molecule has 0 radical (unpaired) electrons. The molecule has 2 aliphatic rings. The predicted molar refractivity (Wildman–Crippen MR) is 83.7 cm³/mol. The van der Waals surface area contributed by atoms with E-state index >= 15 is 0 Å². The Morgan fingerprint density at radius 3 is 2.50 bits per heavy atom. The number of anilines is 1. The zero-order valence-electron chi connectivity index (χ0n) is 13.6. The maximum absolute atomic E-state index is 12.7. The van der Waals surface area contributed by atoms with E-state index in [1.807, 2.05) is 0 Å². The van der Waals surface area contributed by atoms with E-state index in [0.29, 0.717) is 5.92 Å². The second kappa shape index (κ2) is 7.65. The van der Waals surface area contributed by atoms with Crippen LogP contribution in [-0.2, 0) is 10.9 Å². The highest BCUT2D eigenvalue weighted by Crippen LogP contribution is 2.28. The normalized spacial score (nSPS) is 21.8. The van der Waals surface area contributed by atoms with Gasteiger partial charge in [0.1, 0.15) is 17.8 Å². The molecule has 3 heterocycles. The molecule has 0 saturated carbocycles. The number of nitrogens with one attached hydrogen (secondary N) is 1. The summed E-state index contributed by atoms with van der Waals surface area (Å²) in [6.07, 6.45) is 0.597. The van der Waals surface area contributed by atoms with Crippen molar-refractivity contribution in [3.05, 3.63) is 18.1 Å². The molecule has 24 heavy (non-hydrogen) atoms. The van der Waals surface area contributed by atoms with Gasteiger partial charge >= 0.3 is 6.18 Å². The van der Waals surface area contributed by atoms with Crippen LogP contribution in [0.25, 0.3) is 0 Å². The highest BCUT2D eigenvalue weighted by molar-refractivity contribution is 5.36. The molecule has 0 bridgehead atoms. The number of ether oxygens (including phenoxy) is 1. The molecule has 8 heteroatoms. The lowest BCUT2D eigenvalue weighted by Crippen LogP contribution is -2.42. The van der Waals surface area contributed by atoms with E-state index in [9.17, 15) is 13.2 Å². The quantitative estimate of drug-likeness (QED) is 0.910. The van der Waals surface area contributed by atoms with Crippen molar-refractivity contribution in [2.75, 3.05) is 38.2 Å². The van der Waals surface area contributed by atoms with E-state index in [1.54, 1.807) is 0 Å². The number of likely N-dealkylation sites (tertiary alicyclic amines) is 1. The van der Waals surface area contributed by atoms with Crippen LogP contribution in [0.5, 0.6) is 0 Å². The predicted octanol–water partition coefficient (Wildman–Crippen LogP) is 2.80. The molecule has 0 spiro atoms. The lowest BCUT2D eigenvalue weighted by Gasteiger charge is -2.35. The van der Waals surface area contributed by atoms with Gasteiger partial charge in [0.05, 0.1) is 0 Å². The third-order valence-corrected chi connectivity index (χ3v) is 4.75. The minimum absolute atomic E-state index is 0.159. The number of halogens is 3. The number of hydrogen-bond acceptors (Lipinski definition) is 5. The van der Waals surface area contributed by atoms with Crippen molar-refractivity contribution < 1.29 is 17.9 Å². The van der Waals surface area contributed by atoms with Gasteiger partial charge < -0.3 is 15.0 Å². The second-order valence-corrected chi connectivity index (χ2v) is 6.56. The highest BCUT2D eigenvalue weighted by atomic mass is 19.4. The first kappa shape index (κ1) is 17.4. The molecule has 1 aromatic heterocycles. The summed E-state index contributed by atoms with van der Waals surface area (Å²) < 4.78 is 43.4. The van der Waals surface area contributed by atoms with Gasteiger partial charge in [-0.05, 0) is 31.6 Å². The smallest absolute Gasteiger partial charge is 0.381 e. The maximum atomic E-state index is 12.7. The Morgan fingerprint density at radius 1 is 1.12 bits per heavy atom. The SMILES string of the molecule is FC(F)(F)c1cc(NC2CCN(CC3CCOCC3)CC2)ncn1. The standard InChI is InChI=1S/C16H23F3N4O/c17-16(18,19)14-9-15(21-11-20-14)22-13-1-5-23(6-2-13)10-12-3-7-24-8-4-12/h9,11-13H,1-8,10H2,(H,20,21,22). The number of piperidine rings is 1. The van der Waals surface area contributed by atoms with Crippen molar-refractivity contribution >= 4 is 5.82 Å². The first-order valence-corrected chi connectivity index (χ1v) is 8.46. The van der Waals surface area contributed by atoms with E-state index in [4.69, 9.17) is 4.74 Å². The summed E-state index contributed by atoms with van der Waals surface area (Å²) in [5.41, 5.74) is -0.906. The van der Waals surface area contributed by atoms with Gasteiger partial charge in [-0.25, -0.2) is 9.97 Å². The fourth-order valence-electron chi connectivity index (χ4n) is 3.35. The molecule has 0 aliphatic carbocycles. The second-order valence-electron chi connectivity index (χ2n) is 6.56. The van der Waals surface area contributed by atoms with Crippen LogP contribution >= 0.6 is 0 Å². The Morgan fingerprint density at radius 2 is 1.83 bits per heavy atom. The van der Waals surface area contributed by atoms with E-state index in [2.05, 4.69) is 20.2 Å². The number of rotatable bonds is 4. The first-order chi connectivity index (χ1) is 11.5. The van der Waals surface area contributed by atoms with Crippen molar-refractivity contribution in [3.63, 3.8) is 0 Å². The summed E-state index contributed by atoms with van der Waals surface area (Å²) in [7, 11) is 0. The van der Waals surface area contributed by atoms with Gasteiger partial charge in [0, 0.05) is 45.0 Å². The van der Waals surface area contributed by atoms with Crippen molar-refractivity contribution in [3.8, 4) is 0 Å². The van der Waals surface area contributed by atoms with Crippen molar-refractivity contribution in [2.45, 2.75) is 37.9 Å². The van der Waals surface area contributed by atoms with Gasteiger partial charge in [0.25, 0.3) is 0 Å². The molecule has 2 saturated heterocycles. The zero-order valence-corrected chi connectivity index (χ0v) is 13.6. The molecule has 1 N–H and O–H groups in total. The van der Waals surface area contributed by atoms with E-state index in [-0.39, 0.29) is 11.9 Å². The topological polar surface area (TPSA) is 50.3 Å². The van der Waals surface area contributed by atoms with Crippen LogP contribution < -0.4 is 5.32 Å². The fraction of sp³-hybridized carbons (Fsp3) is 0.750. The Balaban J connectivity index is 1.47. The summed E-state index contributed by atoms with van der Waals surface area (Å²) in [4.78, 5) is 9.65. The Labute approximate surface area is 139 Å². The molecule has 1 aromatic rings. The highest BCUT2D eigenvalue weighted by Gasteiger charge is 2.33. The van der Waals surface area contributed by atoms with Crippen LogP contribution in [0.1, 0.15) is 31.4 Å². The lowest BCUT2D eigenvalue weighted by molar-refractivity contribution is -0.141. The van der Waals surface area contributed by atoms with Gasteiger partial charge in [-0.1, -0.05) is 0 Å². The zero-order chi connectivity index (χ0) is 17.0. The third kappa shape index (κ3) is 4.80. The molecule has 0 aromatic carbocycles. The van der Waals surface area contributed by atoms with Crippen LogP contribution in [0.3, 0.4) is 0 Å². The van der Waals surface area contributed by atoms with Gasteiger partial charge in [-0.3, -0.25) is 0 Å². The third-order valence-electron chi connectivity index (χ3n) is 4.75. The van der Waals surface area contributed by atoms with E-state index in [0.717, 1.165) is 70.9 Å². The monoisotopic (exact) mass is 344 g/mol. The van der Waals surface area contributed by atoms with Gasteiger partial charge in [0.15, 0.2) is 0 Å². The number of hydrogen-bond donors (Lipinski definition) is 1. The Bertz CT molecular complexity index is 526. The van der Waals surface area contributed by atoms with Crippen LogP contribution in [0.4, 0.5) is 19.0 Å². The average molecular weight is 344 g/mol. The molecule has 0 amide bonds. The molecule has 5 nitrogen and oxygen atoms in total. The summed E-state index contributed by atoms with van der Waals surface area (Å²) in [5.74, 6) is 0.958. The van der Waals surface area contributed by atoms with Crippen molar-refractivity contribution in [2.24, 2.45) is 5.92 Å². The molecule has 2 aliphatic heterocycles. The summed E-state index contributed by atoms with van der Waals surface area (Å²) in [6, 6.07) is 1.14. The molecule has 134 valence electrons. The molecule has 0 atom stereocenters. The fourth-order valence-corrected chi connectivity index (χ4v) is 3.35. The Hall–Kier alpha value is -1.41. The Kier molecular flexibility index (Phi) is 5.55. The lowest BCUT2D eigenvalue weighted by atomic mass is 9.97. The maximum Gasteiger partial charge on any atom is 0.433 e. The largest absolute Gasteiger partial charge is 0.433 e. The average Bonchev–Trinajstić information content (AvgIpc) is 2.57. The summed E-state index contributed by atoms with van der Waals surface area (Å²) >= 11 is 0. The number of nitrogens with zero attached hydrogens (tertiary/aromatic N) is 3. The summed E-state index contributed by atoms with van der Waals surface area (Å²) in [5, 5.41) is 3.12. The molecule has 2 fully saturated rings. The van der Waals surface area contributed by atoms with Crippen LogP contribution in [-0.4, -0.2) is 53.8 Å². The van der Waals surface area contributed by atoms with Crippen molar-refractivity contribution in [1.29, 1.82) is 0 Å². The summed E-state index contributed by atoms with van der Waals surface area (Å²) in [6.45, 7) is 4.75. The minimum Gasteiger partial charge on any atom is -0.381 e. The number of alkyl halides is 3. The number of aromatic nitrogens is 2. The molecular weight excluding hydrogens is 321 g/mol. The van der Waals surface area contributed by atoms with E-state index in [1.165, 1.54) is 0 Å². The molecule has 0 unspecified atom stereocenters. The van der Waals surface area contributed by atoms with Gasteiger partial charge in [-0.15, -0.1) is 0 Å². The first-order valence-electron chi connectivity index (χ1n) is 8.46. The molecule has 3 rings (SSSR count). The van der Waals surface area contributed by atoms with E-state index < -0.39 is 11.9 Å². The molecular formula is C16H23F3N4O. The van der Waals surface area contributed by atoms with Gasteiger partial charge in [-0.2, -0.15) is 13.2 Å². The van der Waals surface area contributed by atoms with Crippen molar-refractivity contribution in [1.82, 2.24) is 14.9 Å². The van der Waals surface area contributed by atoms with Crippen LogP contribution in [0, 0.1) is 5.92 Å². The minimum atomic E-state index is -4.44.